The van der Waals surface area contributed by atoms with Gasteiger partial charge in [0.05, 0.1) is 20.1 Å². The first-order valence-electron chi connectivity index (χ1n) is 9.56. The minimum atomic E-state index is -0.469. The van der Waals surface area contributed by atoms with Crippen molar-refractivity contribution in [1.82, 2.24) is 5.32 Å². The number of benzene rings is 2. The number of hydrogen-bond acceptors (Lipinski definition) is 5. The molecule has 2 rings (SSSR count). The van der Waals surface area contributed by atoms with E-state index >= 15 is 0 Å². The van der Waals surface area contributed by atoms with Crippen LogP contribution < -0.4 is 14.8 Å². The fourth-order valence-electron chi connectivity index (χ4n) is 2.61. The summed E-state index contributed by atoms with van der Waals surface area (Å²) >= 11 is 0. The minimum absolute atomic E-state index is 0.0815. The van der Waals surface area contributed by atoms with Gasteiger partial charge in [-0.15, -0.1) is 0 Å². The average Bonchev–Trinajstić information content (AvgIpc) is 2.69. The van der Waals surface area contributed by atoms with Gasteiger partial charge in [0, 0.05) is 0 Å². The summed E-state index contributed by atoms with van der Waals surface area (Å²) in [7, 11) is 1.56. The van der Waals surface area contributed by atoms with Crippen molar-refractivity contribution in [2.45, 2.75) is 32.6 Å². The molecule has 0 aliphatic heterocycles. The first kappa shape index (κ1) is 22.3. The lowest BCUT2D eigenvalue weighted by Gasteiger charge is -2.19. The van der Waals surface area contributed by atoms with Crippen LogP contribution in [0.15, 0.2) is 48.5 Å². The zero-order chi connectivity index (χ0) is 21.3. The lowest BCUT2D eigenvalue weighted by Crippen LogP contribution is -2.32. The molecule has 0 spiro atoms. The highest BCUT2D eigenvalue weighted by atomic mass is 16.5. The normalized spacial score (nSPS) is 10.9. The van der Waals surface area contributed by atoms with Crippen molar-refractivity contribution in [3.63, 3.8) is 0 Å². The van der Waals surface area contributed by atoms with Crippen LogP contribution in [-0.4, -0.2) is 38.7 Å². The number of esters is 1. The van der Waals surface area contributed by atoms with Crippen molar-refractivity contribution in [2.24, 2.45) is 0 Å². The Labute approximate surface area is 172 Å². The van der Waals surface area contributed by atoms with Crippen molar-refractivity contribution in [1.29, 1.82) is 0 Å². The maximum Gasteiger partial charge on any atom is 0.310 e. The van der Waals surface area contributed by atoms with Crippen molar-refractivity contribution in [3.8, 4) is 11.5 Å². The molecule has 0 fully saturated rings. The Morgan fingerprint density at radius 1 is 1.00 bits per heavy atom. The highest BCUT2D eigenvalue weighted by Gasteiger charge is 2.13. The molecular weight excluding hydrogens is 370 g/mol. The van der Waals surface area contributed by atoms with Gasteiger partial charge in [-0.25, -0.2) is 0 Å². The quantitative estimate of drug-likeness (QED) is 0.517. The maximum atomic E-state index is 11.9. The van der Waals surface area contributed by atoms with Crippen molar-refractivity contribution in [3.05, 3.63) is 59.7 Å². The van der Waals surface area contributed by atoms with Gasteiger partial charge in [-0.3, -0.25) is 9.59 Å². The molecule has 1 N–H and O–H groups in total. The van der Waals surface area contributed by atoms with Gasteiger partial charge in [0.25, 0.3) is 5.91 Å². The molecule has 0 saturated heterocycles. The average molecular weight is 399 g/mol. The molecule has 0 aliphatic carbocycles. The second-order valence-corrected chi connectivity index (χ2v) is 7.66. The van der Waals surface area contributed by atoms with E-state index in [1.807, 2.05) is 24.3 Å². The van der Waals surface area contributed by atoms with E-state index in [1.165, 1.54) is 5.56 Å². The van der Waals surface area contributed by atoms with E-state index in [1.54, 1.807) is 31.4 Å². The molecule has 1 amide bonds. The SMILES string of the molecule is COc1cccc(CC(=O)OCC(=O)NCCOc2ccc(C(C)(C)C)cc2)c1. The first-order chi connectivity index (χ1) is 13.8. The fraction of sp³-hybridized carbons (Fsp3) is 0.391. The molecule has 0 saturated carbocycles. The van der Waals surface area contributed by atoms with E-state index in [4.69, 9.17) is 14.2 Å². The molecule has 156 valence electrons. The third-order valence-corrected chi connectivity index (χ3v) is 4.26. The number of amides is 1. The van der Waals surface area contributed by atoms with Crippen LogP contribution in [0.3, 0.4) is 0 Å². The molecule has 29 heavy (non-hydrogen) atoms. The summed E-state index contributed by atoms with van der Waals surface area (Å²) in [5.74, 6) is 0.581. The predicted molar refractivity (Wildman–Crippen MR) is 111 cm³/mol. The van der Waals surface area contributed by atoms with Gasteiger partial charge in [-0.05, 0) is 40.8 Å². The lowest BCUT2D eigenvalue weighted by atomic mass is 9.87. The fourth-order valence-corrected chi connectivity index (χ4v) is 2.61. The number of hydrogen-bond donors (Lipinski definition) is 1. The van der Waals surface area contributed by atoms with Crippen LogP contribution in [0, 0.1) is 0 Å². The number of nitrogens with one attached hydrogen (secondary N) is 1. The Balaban J connectivity index is 1.63. The molecule has 0 aromatic heterocycles. The standard InChI is InChI=1S/C23H29NO5/c1-23(2,3)18-8-10-19(11-9-18)28-13-12-24-21(25)16-29-22(26)15-17-6-5-7-20(14-17)27-4/h5-11,14H,12-13,15-16H2,1-4H3,(H,24,25). The van der Waals surface area contributed by atoms with Crippen LogP contribution in [0.4, 0.5) is 0 Å². The summed E-state index contributed by atoms with van der Waals surface area (Å²) in [6, 6.07) is 15.1. The Kier molecular flexibility index (Phi) is 8.07. The third-order valence-electron chi connectivity index (χ3n) is 4.26. The molecular formula is C23H29NO5. The van der Waals surface area contributed by atoms with Crippen LogP contribution in [0.1, 0.15) is 31.9 Å². The van der Waals surface area contributed by atoms with Crippen LogP contribution >= 0.6 is 0 Å². The summed E-state index contributed by atoms with van der Waals surface area (Å²) < 4.78 is 15.7. The largest absolute Gasteiger partial charge is 0.497 e. The minimum Gasteiger partial charge on any atom is -0.497 e. The van der Waals surface area contributed by atoms with E-state index in [2.05, 4.69) is 26.1 Å². The highest BCUT2D eigenvalue weighted by molar-refractivity contribution is 5.81. The van der Waals surface area contributed by atoms with E-state index < -0.39 is 5.97 Å². The van der Waals surface area contributed by atoms with E-state index in [0.717, 1.165) is 11.3 Å². The molecule has 0 aliphatic rings. The van der Waals surface area contributed by atoms with Gasteiger partial charge in [0.2, 0.25) is 0 Å². The number of ether oxygens (including phenoxy) is 3. The summed E-state index contributed by atoms with van der Waals surface area (Å²) in [6.07, 6.45) is 0.0815. The monoisotopic (exact) mass is 399 g/mol. The van der Waals surface area contributed by atoms with Crippen molar-refractivity contribution < 1.29 is 23.8 Å². The number of carbonyl (C=O) groups is 2. The predicted octanol–water partition coefficient (Wildman–Crippen LogP) is 3.27. The smallest absolute Gasteiger partial charge is 0.310 e. The second-order valence-electron chi connectivity index (χ2n) is 7.66. The topological polar surface area (TPSA) is 73.9 Å². The Hall–Kier alpha value is -3.02. The van der Waals surface area contributed by atoms with E-state index in [9.17, 15) is 9.59 Å². The van der Waals surface area contributed by atoms with Crippen LogP contribution in [0.2, 0.25) is 0 Å². The van der Waals surface area contributed by atoms with Gasteiger partial charge in [-0.1, -0.05) is 45.0 Å². The van der Waals surface area contributed by atoms with Gasteiger partial charge in [0.1, 0.15) is 18.1 Å². The summed E-state index contributed by atoms with van der Waals surface area (Å²) in [5.41, 5.74) is 2.09. The molecule has 0 unspecified atom stereocenters. The highest BCUT2D eigenvalue weighted by Crippen LogP contribution is 2.24. The molecule has 6 nitrogen and oxygen atoms in total. The van der Waals surface area contributed by atoms with E-state index in [-0.39, 0.29) is 24.3 Å². The summed E-state index contributed by atoms with van der Waals surface area (Å²) in [4.78, 5) is 23.7. The zero-order valence-corrected chi connectivity index (χ0v) is 17.5. The summed E-state index contributed by atoms with van der Waals surface area (Å²) in [5, 5.41) is 2.66. The zero-order valence-electron chi connectivity index (χ0n) is 17.5. The van der Waals surface area contributed by atoms with E-state index in [0.29, 0.717) is 18.9 Å². The Morgan fingerprint density at radius 3 is 2.38 bits per heavy atom. The summed E-state index contributed by atoms with van der Waals surface area (Å²) in [6.45, 7) is 6.81. The molecule has 0 bridgehead atoms. The number of rotatable bonds is 9. The van der Waals surface area contributed by atoms with Crippen LogP contribution in [0.5, 0.6) is 11.5 Å². The molecule has 2 aromatic carbocycles. The van der Waals surface area contributed by atoms with Gasteiger partial charge in [0.15, 0.2) is 6.61 Å². The number of carbonyl (C=O) groups excluding carboxylic acids is 2. The molecule has 0 radical (unpaired) electrons. The van der Waals surface area contributed by atoms with Crippen LogP contribution in [-0.2, 0) is 26.2 Å². The Morgan fingerprint density at radius 2 is 1.72 bits per heavy atom. The van der Waals surface area contributed by atoms with Crippen molar-refractivity contribution >= 4 is 11.9 Å². The first-order valence-corrected chi connectivity index (χ1v) is 9.56. The van der Waals surface area contributed by atoms with Gasteiger partial charge in [-0.2, -0.15) is 0 Å². The molecule has 2 aromatic rings. The molecule has 0 heterocycles. The lowest BCUT2D eigenvalue weighted by molar-refractivity contribution is -0.147. The maximum absolute atomic E-state index is 11.9. The van der Waals surface area contributed by atoms with Gasteiger partial charge >= 0.3 is 5.97 Å². The molecule has 6 heteroatoms. The third kappa shape index (κ3) is 7.86. The van der Waals surface area contributed by atoms with Gasteiger partial charge < -0.3 is 19.5 Å². The number of methoxy groups -OCH3 is 1. The van der Waals surface area contributed by atoms with Crippen LogP contribution in [0.25, 0.3) is 0 Å². The second kappa shape index (κ2) is 10.5. The Bertz CT molecular complexity index is 809. The molecule has 0 atom stereocenters. The van der Waals surface area contributed by atoms with Crippen molar-refractivity contribution in [2.75, 3.05) is 26.9 Å².